The molecule has 1 aliphatic heterocycles. The molecule has 0 aromatic heterocycles. The number of carbonyl (C=O) groups excluding carboxylic acids is 2. The van der Waals surface area contributed by atoms with Crippen LogP contribution in [-0.4, -0.2) is 41.9 Å². The number of benzene rings is 1. The highest BCUT2D eigenvalue weighted by Crippen LogP contribution is 2.22. The normalized spacial score (nSPS) is 20.7. The molecule has 124 valence electrons. The first-order chi connectivity index (χ1) is 11.1. The maximum atomic E-state index is 12.3. The molecule has 5 nitrogen and oxygen atoms in total. The quantitative estimate of drug-likeness (QED) is 0.874. The highest BCUT2D eigenvalue weighted by molar-refractivity contribution is 5.92. The van der Waals surface area contributed by atoms with Gasteiger partial charge in [-0.1, -0.05) is 18.2 Å². The molecule has 5 heteroatoms. The summed E-state index contributed by atoms with van der Waals surface area (Å²) in [6.07, 6.45) is 3.83. The van der Waals surface area contributed by atoms with Crippen molar-refractivity contribution in [2.24, 2.45) is 5.92 Å². The zero-order chi connectivity index (χ0) is 16.2. The Morgan fingerprint density at radius 3 is 2.35 bits per heavy atom. The van der Waals surface area contributed by atoms with Crippen molar-refractivity contribution in [1.82, 2.24) is 10.2 Å². The first-order valence-corrected chi connectivity index (χ1v) is 8.54. The maximum absolute atomic E-state index is 12.3. The van der Waals surface area contributed by atoms with Gasteiger partial charge < -0.3 is 10.6 Å². The van der Waals surface area contributed by atoms with Crippen molar-refractivity contribution in [2.45, 2.75) is 44.7 Å². The molecular weight excluding hydrogens is 290 g/mol. The highest BCUT2D eigenvalue weighted by Gasteiger charge is 2.32. The van der Waals surface area contributed by atoms with Gasteiger partial charge in [0, 0.05) is 17.6 Å². The maximum Gasteiger partial charge on any atom is 0.237 e. The van der Waals surface area contributed by atoms with Gasteiger partial charge in [0.05, 0.1) is 6.04 Å². The van der Waals surface area contributed by atoms with E-state index in [-0.39, 0.29) is 23.8 Å². The van der Waals surface area contributed by atoms with E-state index < -0.39 is 0 Å². The van der Waals surface area contributed by atoms with Gasteiger partial charge in [-0.05, 0) is 57.8 Å². The fourth-order valence-electron chi connectivity index (χ4n) is 3.03. The van der Waals surface area contributed by atoms with Crippen molar-refractivity contribution in [1.29, 1.82) is 0 Å². The standard InChI is InChI=1S/C18H25N3O2/c1-13(17(22)19-16-7-8-16)21-11-9-14(10-12-21)18(23)20-15-5-3-2-4-6-15/h2-6,13-14,16H,7-12H2,1H3,(H,19,22)(H,20,23). The molecule has 2 N–H and O–H groups in total. The number of nitrogens with zero attached hydrogens (tertiary/aromatic N) is 1. The van der Waals surface area contributed by atoms with Crippen LogP contribution in [0.3, 0.4) is 0 Å². The smallest absolute Gasteiger partial charge is 0.237 e. The molecule has 1 heterocycles. The van der Waals surface area contributed by atoms with Crippen LogP contribution in [-0.2, 0) is 9.59 Å². The van der Waals surface area contributed by atoms with Crippen LogP contribution in [0, 0.1) is 5.92 Å². The van der Waals surface area contributed by atoms with Crippen LogP contribution >= 0.6 is 0 Å². The largest absolute Gasteiger partial charge is 0.352 e. The van der Waals surface area contributed by atoms with E-state index in [0.717, 1.165) is 44.5 Å². The number of carbonyl (C=O) groups is 2. The molecule has 0 radical (unpaired) electrons. The number of rotatable bonds is 5. The lowest BCUT2D eigenvalue weighted by atomic mass is 9.94. The minimum atomic E-state index is -0.103. The summed E-state index contributed by atoms with van der Waals surface area (Å²) in [5.41, 5.74) is 0.845. The van der Waals surface area contributed by atoms with Gasteiger partial charge in [0.2, 0.25) is 11.8 Å². The SMILES string of the molecule is CC(C(=O)NC1CC1)N1CCC(C(=O)Nc2ccccc2)CC1. The Balaban J connectivity index is 1.45. The lowest BCUT2D eigenvalue weighted by Crippen LogP contribution is -2.49. The van der Waals surface area contributed by atoms with Crippen molar-refractivity contribution < 1.29 is 9.59 Å². The number of para-hydroxylation sites is 1. The Labute approximate surface area is 137 Å². The summed E-state index contributed by atoms with van der Waals surface area (Å²) in [7, 11) is 0. The second kappa shape index (κ2) is 7.13. The minimum Gasteiger partial charge on any atom is -0.352 e. The van der Waals surface area contributed by atoms with E-state index in [1.807, 2.05) is 37.3 Å². The van der Waals surface area contributed by atoms with Gasteiger partial charge in [0.1, 0.15) is 0 Å². The molecule has 1 saturated carbocycles. The van der Waals surface area contributed by atoms with Crippen molar-refractivity contribution >= 4 is 17.5 Å². The second-order valence-corrected chi connectivity index (χ2v) is 6.62. The number of piperidine rings is 1. The van der Waals surface area contributed by atoms with Crippen LogP contribution in [0.25, 0.3) is 0 Å². The zero-order valence-corrected chi connectivity index (χ0v) is 13.6. The fourth-order valence-corrected chi connectivity index (χ4v) is 3.03. The molecule has 1 atom stereocenters. The van der Waals surface area contributed by atoms with Gasteiger partial charge in [-0.25, -0.2) is 0 Å². The summed E-state index contributed by atoms with van der Waals surface area (Å²) in [5.74, 6) is 0.246. The Bertz CT molecular complexity index is 549. The predicted molar refractivity (Wildman–Crippen MR) is 90.0 cm³/mol. The number of amides is 2. The topological polar surface area (TPSA) is 61.4 Å². The van der Waals surface area contributed by atoms with E-state index in [9.17, 15) is 9.59 Å². The van der Waals surface area contributed by atoms with E-state index in [1.54, 1.807) is 0 Å². The van der Waals surface area contributed by atoms with Crippen LogP contribution < -0.4 is 10.6 Å². The monoisotopic (exact) mass is 315 g/mol. The molecule has 1 unspecified atom stereocenters. The molecule has 3 rings (SSSR count). The highest BCUT2D eigenvalue weighted by atomic mass is 16.2. The number of anilines is 1. The van der Waals surface area contributed by atoms with Crippen LogP contribution in [0.2, 0.25) is 0 Å². The van der Waals surface area contributed by atoms with E-state index >= 15 is 0 Å². The molecule has 1 aromatic carbocycles. The first kappa shape index (κ1) is 16.0. The molecule has 2 fully saturated rings. The molecular formula is C18H25N3O2. The van der Waals surface area contributed by atoms with Gasteiger partial charge in [0.15, 0.2) is 0 Å². The predicted octanol–water partition coefficient (Wildman–Crippen LogP) is 2.00. The van der Waals surface area contributed by atoms with E-state index in [2.05, 4.69) is 15.5 Å². The number of hydrogen-bond donors (Lipinski definition) is 2. The Morgan fingerprint density at radius 2 is 1.74 bits per heavy atom. The van der Waals surface area contributed by atoms with Crippen molar-refractivity contribution in [3.8, 4) is 0 Å². The molecule has 0 spiro atoms. The van der Waals surface area contributed by atoms with Gasteiger partial charge in [-0.15, -0.1) is 0 Å². The van der Waals surface area contributed by atoms with E-state index in [1.165, 1.54) is 0 Å². The molecule has 2 aliphatic rings. The average Bonchev–Trinajstić information content (AvgIpc) is 3.39. The molecule has 1 aromatic rings. The first-order valence-electron chi connectivity index (χ1n) is 8.54. The van der Waals surface area contributed by atoms with Crippen LogP contribution in [0.15, 0.2) is 30.3 Å². The van der Waals surface area contributed by atoms with Crippen LogP contribution in [0.5, 0.6) is 0 Å². The molecule has 0 bridgehead atoms. The molecule has 1 aliphatic carbocycles. The second-order valence-electron chi connectivity index (χ2n) is 6.62. The van der Waals surface area contributed by atoms with Crippen molar-refractivity contribution in [3.05, 3.63) is 30.3 Å². The summed E-state index contributed by atoms with van der Waals surface area (Å²) in [6.45, 7) is 3.56. The molecule has 1 saturated heterocycles. The van der Waals surface area contributed by atoms with Crippen LogP contribution in [0.1, 0.15) is 32.6 Å². The number of nitrogens with one attached hydrogen (secondary N) is 2. The average molecular weight is 315 g/mol. The minimum absolute atomic E-state index is 0.0325. The molecule has 23 heavy (non-hydrogen) atoms. The van der Waals surface area contributed by atoms with E-state index in [0.29, 0.717) is 6.04 Å². The van der Waals surface area contributed by atoms with Crippen LogP contribution in [0.4, 0.5) is 5.69 Å². The summed E-state index contributed by atoms with van der Waals surface area (Å²) >= 11 is 0. The van der Waals surface area contributed by atoms with Crippen molar-refractivity contribution in [2.75, 3.05) is 18.4 Å². The lowest BCUT2D eigenvalue weighted by molar-refractivity contribution is -0.127. The Morgan fingerprint density at radius 1 is 1.09 bits per heavy atom. The Hall–Kier alpha value is -1.88. The summed E-state index contributed by atoms with van der Waals surface area (Å²) in [6, 6.07) is 9.86. The number of hydrogen-bond acceptors (Lipinski definition) is 3. The lowest BCUT2D eigenvalue weighted by Gasteiger charge is -2.34. The Kier molecular flexibility index (Phi) is 4.96. The zero-order valence-electron chi connectivity index (χ0n) is 13.6. The summed E-state index contributed by atoms with van der Waals surface area (Å²) in [5, 5.41) is 6.03. The third-order valence-electron chi connectivity index (χ3n) is 4.79. The van der Waals surface area contributed by atoms with E-state index in [4.69, 9.17) is 0 Å². The van der Waals surface area contributed by atoms with Crippen molar-refractivity contribution in [3.63, 3.8) is 0 Å². The van der Waals surface area contributed by atoms with Gasteiger partial charge in [0.25, 0.3) is 0 Å². The van der Waals surface area contributed by atoms with Gasteiger partial charge in [-0.3, -0.25) is 14.5 Å². The number of likely N-dealkylation sites (tertiary alicyclic amines) is 1. The summed E-state index contributed by atoms with van der Waals surface area (Å²) < 4.78 is 0. The third kappa shape index (κ3) is 4.32. The summed E-state index contributed by atoms with van der Waals surface area (Å²) in [4.78, 5) is 26.6. The van der Waals surface area contributed by atoms with Gasteiger partial charge >= 0.3 is 0 Å². The van der Waals surface area contributed by atoms with Gasteiger partial charge in [-0.2, -0.15) is 0 Å². The third-order valence-corrected chi connectivity index (χ3v) is 4.79. The molecule has 2 amide bonds. The fraction of sp³-hybridized carbons (Fsp3) is 0.556.